The quantitative estimate of drug-likeness (QED) is 0.629. The number of amides is 1. The zero-order valence-corrected chi connectivity index (χ0v) is 14.9. The topological polar surface area (TPSA) is 64.6 Å². The van der Waals surface area contributed by atoms with E-state index in [0.29, 0.717) is 5.69 Å². The Balaban J connectivity index is 1.43. The third-order valence-corrected chi connectivity index (χ3v) is 3.79. The highest BCUT2D eigenvalue weighted by Crippen LogP contribution is 2.21. The number of rotatable bonds is 7. The highest BCUT2D eigenvalue weighted by atomic mass is 19.1. The molecule has 1 N–H and O–H groups in total. The molecule has 0 fully saturated rings. The van der Waals surface area contributed by atoms with E-state index in [2.05, 4.69) is 5.32 Å². The minimum absolute atomic E-state index is 0.208. The third-order valence-electron chi connectivity index (χ3n) is 3.79. The lowest BCUT2D eigenvalue weighted by molar-refractivity contribution is -0.149. The van der Waals surface area contributed by atoms with Gasteiger partial charge in [0, 0.05) is 11.8 Å². The summed E-state index contributed by atoms with van der Waals surface area (Å²) in [5.41, 5.74) is 2.70. The van der Waals surface area contributed by atoms with Crippen molar-refractivity contribution < 1.29 is 23.5 Å². The van der Waals surface area contributed by atoms with Crippen molar-refractivity contribution in [3.63, 3.8) is 0 Å². The van der Waals surface area contributed by atoms with Crippen molar-refractivity contribution in [3.05, 3.63) is 84.7 Å². The molecule has 0 unspecified atom stereocenters. The summed E-state index contributed by atoms with van der Waals surface area (Å²) < 4.78 is 23.0. The van der Waals surface area contributed by atoms with Gasteiger partial charge in [0.15, 0.2) is 13.2 Å². The molecule has 28 heavy (non-hydrogen) atoms. The van der Waals surface area contributed by atoms with Gasteiger partial charge in [0.25, 0.3) is 5.91 Å². The first kappa shape index (κ1) is 19.1. The largest absolute Gasteiger partial charge is 0.482 e. The Labute approximate surface area is 161 Å². The molecule has 0 aliphatic rings. The molecule has 6 heteroatoms. The van der Waals surface area contributed by atoms with E-state index in [-0.39, 0.29) is 5.75 Å². The molecule has 0 radical (unpaired) electrons. The van der Waals surface area contributed by atoms with Crippen LogP contribution in [0.15, 0.2) is 78.9 Å². The second-order valence-corrected chi connectivity index (χ2v) is 5.90. The first-order valence-electron chi connectivity index (χ1n) is 8.59. The van der Waals surface area contributed by atoms with Crippen molar-refractivity contribution in [2.24, 2.45) is 0 Å². The maximum absolute atomic E-state index is 13.0. The highest BCUT2D eigenvalue weighted by molar-refractivity contribution is 5.93. The molecule has 0 atom stereocenters. The van der Waals surface area contributed by atoms with Crippen LogP contribution in [0.5, 0.6) is 5.75 Å². The molecule has 0 saturated carbocycles. The Morgan fingerprint density at radius 1 is 0.821 bits per heavy atom. The number of carbonyl (C=O) groups is 2. The van der Waals surface area contributed by atoms with Gasteiger partial charge in [-0.25, -0.2) is 9.18 Å². The molecule has 0 spiro atoms. The number of benzene rings is 3. The van der Waals surface area contributed by atoms with E-state index in [0.717, 1.165) is 17.2 Å². The van der Waals surface area contributed by atoms with Crippen LogP contribution in [0, 0.1) is 5.82 Å². The maximum Gasteiger partial charge on any atom is 0.344 e. The Bertz CT molecular complexity index is 942. The van der Waals surface area contributed by atoms with Gasteiger partial charge >= 0.3 is 5.97 Å². The van der Waals surface area contributed by atoms with Crippen molar-refractivity contribution >= 4 is 17.6 Å². The van der Waals surface area contributed by atoms with Gasteiger partial charge in [-0.05, 0) is 35.4 Å². The van der Waals surface area contributed by atoms with Crippen molar-refractivity contribution in [2.45, 2.75) is 0 Å². The van der Waals surface area contributed by atoms with E-state index in [4.69, 9.17) is 9.47 Å². The average molecular weight is 379 g/mol. The standard InChI is InChI=1S/C22H18FNO4/c23-18-7-4-8-20(13-18)27-15-22(26)28-14-21(25)24-19-11-9-17(10-12-19)16-5-2-1-3-6-16/h1-13H,14-15H2,(H,24,25). The van der Waals surface area contributed by atoms with Crippen molar-refractivity contribution in [1.29, 1.82) is 0 Å². The molecule has 3 aromatic rings. The number of nitrogens with one attached hydrogen (secondary N) is 1. The van der Waals surface area contributed by atoms with E-state index in [1.54, 1.807) is 12.1 Å². The number of hydrogen-bond donors (Lipinski definition) is 1. The van der Waals surface area contributed by atoms with Gasteiger partial charge in [0.1, 0.15) is 11.6 Å². The fourth-order valence-corrected chi connectivity index (χ4v) is 2.46. The second kappa shape index (κ2) is 9.32. The van der Waals surface area contributed by atoms with Crippen molar-refractivity contribution in [2.75, 3.05) is 18.5 Å². The van der Waals surface area contributed by atoms with Crippen LogP contribution in [0.4, 0.5) is 10.1 Å². The molecule has 5 nitrogen and oxygen atoms in total. The summed E-state index contributed by atoms with van der Waals surface area (Å²) in [5, 5.41) is 2.65. The lowest BCUT2D eigenvalue weighted by atomic mass is 10.1. The van der Waals surface area contributed by atoms with Gasteiger partial charge in [-0.3, -0.25) is 4.79 Å². The lowest BCUT2D eigenvalue weighted by Crippen LogP contribution is -2.23. The molecule has 0 saturated heterocycles. The number of halogens is 1. The molecule has 0 aromatic heterocycles. The van der Waals surface area contributed by atoms with Gasteiger partial charge < -0.3 is 14.8 Å². The molecule has 0 heterocycles. The number of carbonyl (C=O) groups excluding carboxylic acids is 2. The minimum atomic E-state index is -0.723. The van der Waals surface area contributed by atoms with Crippen LogP contribution in [0.3, 0.4) is 0 Å². The number of esters is 1. The molecule has 0 bridgehead atoms. The first-order valence-corrected chi connectivity index (χ1v) is 8.59. The SMILES string of the molecule is O=C(COC(=O)COc1cccc(F)c1)Nc1ccc(-c2ccccc2)cc1. The average Bonchev–Trinajstić information content (AvgIpc) is 2.72. The Kier molecular flexibility index (Phi) is 6.36. The van der Waals surface area contributed by atoms with Crippen molar-refractivity contribution in [3.8, 4) is 16.9 Å². The zero-order chi connectivity index (χ0) is 19.8. The third kappa shape index (κ3) is 5.67. The molecule has 0 aliphatic carbocycles. The van der Waals surface area contributed by atoms with Crippen molar-refractivity contribution in [1.82, 2.24) is 0 Å². The van der Waals surface area contributed by atoms with Gasteiger partial charge in [0.2, 0.25) is 0 Å². The number of ether oxygens (including phenoxy) is 2. The van der Waals surface area contributed by atoms with Crippen LogP contribution in [-0.2, 0) is 14.3 Å². The summed E-state index contributed by atoms with van der Waals surface area (Å²) in [7, 11) is 0. The van der Waals surface area contributed by atoms with Crippen LogP contribution in [0.2, 0.25) is 0 Å². The smallest absolute Gasteiger partial charge is 0.344 e. The lowest BCUT2D eigenvalue weighted by Gasteiger charge is -2.09. The summed E-state index contributed by atoms with van der Waals surface area (Å²) in [6, 6.07) is 22.6. The van der Waals surface area contributed by atoms with E-state index < -0.39 is 30.9 Å². The fraction of sp³-hybridized carbons (Fsp3) is 0.0909. The monoisotopic (exact) mass is 379 g/mol. The van der Waals surface area contributed by atoms with Gasteiger partial charge in [-0.15, -0.1) is 0 Å². The number of hydrogen-bond acceptors (Lipinski definition) is 4. The van der Waals surface area contributed by atoms with Crippen LogP contribution in [0.1, 0.15) is 0 Å². The van der Waals surface area contributed by atoms with E-state index >= 15 is 0 Å². The molecular formula is C22H18FNO4. The van der Waals surface area contributed by atoms with Gasteiger partial charge in [-0.1, -0.05) is 48.5 Å². The summed E-state index contributed by atoms with van der Waals surface area (Å²) >= 11 is 0. The first-order chi connectivity index (χ1) is 13.6. The van der Waals surface area contributed by atoms with Crippen LogP contribution < -0.4 is 10.1 Å². The minimum Gasteiger partial charge on any atom is -0.482 e. The van der Waals surface area contributed by atoms with Crippen LogP contribution in [0.25, 0.3) is 11.1 Å². The highest BCUT2D eigenvalue weighted by Gasteiger charge is 2.09. The second-order valence-electron chi connectivity index (χ2n) is 5.90. The van der Waals surface area contributed by atoms with Crippen LogP contribution >= 0.6 is 0 Å². The fourth-order valence-electron chi connectivity index (χ4n) is 2.46. The van der Waals surface area contributed by atoms with E-state index in [9.17, 15) is 14.0 Å². The number of anilines is 1. The van der Waals surface area contributed by atoms with E-state index in [1.165, 1.54) is 18.2 Å². The maximum atomic E-state index is 13.0. The molecular weight excluding hydrogens is 361 g/mol. The molecule has 142 valence electrons. The van der Waals surface area contributed by atoms with Gasteiger partial charge in [0.05, 0.1) is 0 Å². The Morgan fingerprint density at radius 3 is 2.25 bits per heavy atom. The molecule has 1 amide bonds. The molecule has 3 aromatic carbocycles. The normalized spacial score (nSPS) is 10.2. The van der Waals surface area contributed by atoms with Gasteiger partial charge in [-0.2, -0.15) is 0 Å². The molecule has 0 aliphatic heterocycles. The summed E-state index contributed by atoms with van der Waals surface area (Å²) in [6.07, 6.45) is 0. The van der Waals surface area contributed by atoms with Crippen LogP contribution in [-0.4, -0.2) is 25.1 Å². The Hall–Kier alpha value is -3.67. The summed E-state index contributed by atoms with van der Waals surface area (Å²) in [5.74, 6) is -1.45. The Morgan fingerprint density at radius 2 is 1.54 bits per heavy atom. The zero-order valence-electron chi connectivity index (χ0n) is 14.9. The van der Waals surface area contributed by atoms with E-state index in [1.807, 2.05) is 42.5 Å². The summed E-state index contributed by atoms with van der Waals surface area (Å²) in [6.45, 7) is -0.853. The predicted octanol–water partition coefficient (Wildman–Crippen LogP) is 4.05. The predicted molar refractivity (Wildman–Crippen MR) is 103 cm³/mol. The summed E-state index contributed by atoms with van der Waals surface area (Å²) in [4.78, 5) is 23.6. The molecule has 3 rings (SSSR count).